The van der Waals surface area contributed by atoms with Crippen molar-refractivity contribution in [1.29, 1.82) is 0 Å². The van der Waals surface area contributed by atoms with Crippen LogP contribution in [0.4, 0.5) is 5.69 Å². The van der Waals surface area contributed by atoms with E-state index in [4.69, 9.17) is 9.47 Å². The Morgan fingerprint density at radius 2 is 1.89 bits per heavy atom. The lowest BCUT2D eigenvalue weighted by Gasteiger charge is -2.32. The first-order valence-corrected chi connectivity index (χ1v) is 9.10. The van der Waals surface area contributed by atoms with E-state index in [1.807, 2.05) is 42.5 Å². The van der Waals surface area contributed by atoms with E-state index >= 15 is 0 Å². The quantitative estimate of drug-likeness (QED) is 0.727. The fraction of sp³-hybridized carbons (Fsp3) is 0.333. The molecule has 27 heavy (non-hydrogen) atoms. The van der Waals surface area contributed by atoms with Crippen molar-refractivity contribution in [3.63, 3.8) is 0 Å². The molecule has 6 heteroatoms. The zero-order valence-corrected chi connectivity index (χ0v) is 15.4. The maximum atomic E-state index is 12.4. The molecule has 2 aromatic carbocycles. The molecule has 2 aromatic rings. The van der Waals surface area contributed by atoms with Gasteiger partial charge < -0.3 is 14.8 Å². The zero-order valence-electron chi connectivity index (χ0n) is 15.4. The minimum atomic E-state index is -0.598. The average molecular weight is 368 g/mol. The standard InChI is InChI=1S/C21H24N2O4/c1-16-21(25)23(18-10-5-6-11-19(18)27-16)14-20(24)22-12-7-13-26-15-17-8-3-2-4-9-17/h2-6,8-11,16H,7,12-15H2,1H3,(H,22,24)/t16-/m0/s1. The van der Waals surface area contributed by atoms with Crippen LogP contribution in [0.2, 0.25) is 0 Å². The summed E-state index contributed by atoms with van der Waals surface area (Å²) in [6, 6.07) is 17.2. The van der Waals surface area contributed by atoms with Gasteiger partial charge in [0.05, 0.1) is 12.3 Å². The predicted molar refractivity (Wildman–Crippen MR) is 103 cm³/mol. The fourth-order valence-electron chi connectivity index (χ4n) is 2.89. The Bertz CT molecular complexity index is 779. The molecule has 142 valence electrons. The number of fused-ring (bicyclic) bond motifs is 1. The van der Waals surface area contributed by atoms with E-state index in [9.17, 15) is 9.59 Å². The molecule has 3 rings (SSSR count). The second kappa shape index (κ2) is 9.19. The SMILES string of the molecule is C[C@@H]1Oc2ccccc2N(CC(=O)NCCCOCc2ccccc2)C1=O. The Kier molecular flexibility index (Phi) is 6.44. The molecule has 0 unspecified atom stereocenters. The molecule has 0 saturated carbocycles. The molecule has 1 aliphatic rings. The lowest BCUT2D eigenvalue weighted by atomic mass is 10.2. The van der Waals surface area contributed by atoms with Crippen LogP contribution in [0.25, 0.3) is 0 Å². The highest BCUT2D eigenvalue weighted by atomic mass is 16.5. The Morgan fingerprint density at radius 1 is 1.15 bits per heavy atom. The number of amides is 2. The molecular formula is C21H24N2O4. The van der Waals surface area contributed by atoms with Gasteiger partial charge in [-0.2, -0.15) is 0 Å². The van der Waals surface area contributed by atoms with Crippen LogP contribution in [0.15, 0.2) is 54.6 Å². The maximum absolute atomic E-state index is 12.4. The van der Waals surface area contributed by atoms with Crippen molar-refractivity contribution in [1.82, 2.24) is 5.32 Å². The monoisotopic (exact) mass is 368 g/mol. The van der Waals surface area contributed by atoms with Crippen molar-refractivity contribution in [2.45, 2.75) is 26.1 Å². The molecule has 0 radical (unpaired) electrons. The molecular weight excluding hydrogens is 344 g/mol. The van der Waals surface area contributed by atoms with E-state index in [0.29, 0.717) is 37.6 Å². The van der Waals surface area contributed by atoms with Crippen LogP contribution in [0.5, 0.6) is 5.75 Å². The summed E-state index contributed by atoms with van der Waals surface area (Å²) in [7, 11) is 0. The van der Waals surface area contributed by atoms with Gasteiger partial charge in [-0.25, -0.2) is 0 Å². The Balaban J connectivity index is 1.41. The Labute approximate surface area is 159 Å². The summed E-state index contributed by atoms with van der Waals surface area (Å²) in [6.07, 6.45) is 0.113. The number of hydrogen-bond acceptors (Lipinski definition) is 4. The van der Waals surface area contributed by atoms with Gasteiger partial charge in [0.1, 0.15) is 12.3 Å². The first-order valence-electron chi connectivity index (χ1n) is 9.10. The zero-order chi connectivity index (χ0) is 19.1. The van der Waals surface area contributed by atoms with Crippen LogP contribution in [0.1, 0.15) is 18.9 Å². The number of ether oxygens (including phenoxy) is 2. The smallest absolute Gasteiger partial charge is 0.268 e. The lowest BCUT2D eigenvalue weighted by Crippen LogP contribution is -2.48. The van der Waals surface area contributed by atoms with Crippen LogP contribution in [0, 0.1) is 0 Å². The Hall–Kier alpha value is -2.86. The van der Waals surface area contributed by atoms with Crippen molar-refractivity contribution in [3.05, 3.63) is 60.2 Å². The number of rotatable bonds is 8. The van der Waals surface area contributed by atoms with Gasteiger partial charge in [-0.1, -0.05) is 42.5 Å². The van der Waals surface area contributed by atoms with Crippen LogP contribution in [-0.4, -0.2) is 37.6 Å². The van der Waals surface area contributed by atoms with Crippen molar-refractivity contribution in [2.24, 2.45) is 0 Å². The number of carbonyl (C=O) groups is 2. The van der Waals surface area contributed by atoms with E-state index in [0.717, 1.165) is 5.56 Å². The third kappa shape index (κ3) is 5.08. The summed E-state index contributed by atoms with van der Waals surface area (Å²) in [4.78, 5) is 26.1. The highest BCUT2D eigenvalue weighted by Crippen LogP contribution is 2.33. The molecule has 0 saturated heterocycles. The van der Waals surface area contributed by atoms with Crippen molar-refractivity contribution in [3.8, 4) is 5.75 Å². The minimum absolute atomic E-state index is 0.0194. The summed E-state index contributed by atoms with van der Waals surface area (Å²) in [5.74, 6) is 0.206. The van der Waals surface area contributed by atoms with Crippen LogP contribution < -0.4 is 15.0 Å². The molecule has 6 nitrogen and oxygen atoms in total. The first kappa shape index (κ1) is 18.9. The molecule has 1 heterocycles. The van der Waals surface area contributed by atoms with Crippen LogP contribution in [0.3, 0.4) is 0 Å². The van der Waals surface area contributed by atoms with Gasteiger partial charge in [-0.15, -0.1) is 0 Å². The molecule has 0 aromatic heterocycles. The summed E-state index contributed by atoms with van der Waals surface area (Å²) in [5, 5.41) is 2.84. The molecule has 1 atom stereocenters. The van der Waals surface area contributed by atoms with Gasteiger partial charge in [0.15, 0.2) is 6.10 Å². The van der Waals surface area contributed by atoms with E-state index in [2.05, 4.69) is 5.32 Å². The number of nitrogens with zero attached hydrogens (tertiary/aromatic N) is 1. The molecule has 0 spiro atoms. The van der Waals surface area contributed by atoms with Gasteiger partial charge in [0.2, 0.25) is 5.91 Å². The van der Waals surface area contributed by atoms with E-state index in [-0.39, 0.29) is 18.4 Å². The van der Waals surface area contributed by atoms with Gasteiger partial charge in [-0.3, -0.25) is 14.5 Å². The highest BCUT2D eigenvalue weighted by Gasteiger charge is 2.32. The maximum Gasteiger partial charge on any atom is 0.268 e. The van der Waals surface area contributed by atoms with Crippen LogP contribution in [-0.2, 0) is 20.9 Å². The van der Waals surface area contributed by atoms with Gasteiger partial charge in [0, 0.05) is 13.2 Å². The third-order valence-corrected chi connectivity index (χ3v) is 4.27. The van der Waals surface area contributed by atoms with E-state index in [1.54, 1.807) is 19.1 Å². The van der Waals surface area contributed by atoms with Crippen molar-refractivity contribution >= 4 is 17.5 Å². The van der Waals surface area contributed by atoms with Crippen molar-refractivity contribution in [2.75, 3.05) is 24.6 Å². The highest BCUT2D eigenvalue weighted by molar-refractivity contribution is 6.03. The molecule has 1 aliphatic heterocycles. The minimum Gasteiger partial charge on any atom is -0.479 e. The third-order valence-electron chi connectivity index (χ3n) is 4.27. The topological polar surface area (TPSA) is 67.9 Å². The number of anilines is 1. The first-order chi connectivity index (χ1) is 13.1. The predicted octanol–water partition coefficient (Wildman–Crippen LogP) is 2.52. The second-order valence-corrected chi connectivity index (χ2v) is 6.39. The molecule has 0 aliphatic carbocycles. The number of hydrogen-bond donors (Lipinski definition) is 1. The molecule has 1 N–H and O–H groups in total. The number of nitrogens with one attached hydrogen (secondary N) is 1. The normalized spacial score (nSPS) is 15.8. The van der Waals surface area contributed by atoms with Crippen molar-refractivity contribution < 1.29 is 19.1 Å². The number of para-hydroxylation sites is 2. The second-order valence-electron chi connectivity index (χ2n) is 6.39. The summed E-state index contributed by atoms with van der Waals surface area (Å²) >= 11 is 0. The van der Waals surface area contributed by atoms with Gasteiger partial charge in [-0.05, 0) is 31.0 Å². The average Bonchev–Trinajstić information content (AvgIpc) is 2.69. The van der Waals surface area contributed by atoms with Gasteiger partial charge >= 0.3 is 0 Å². The lowest BCUT2D eigenvalue weighted by molar-refractivity contribution is -0.128. The largest absolute Gasteiger partial charge is 0.479 e. The van der Waals surface area contributed by atoms with E-state index in [1.165, 1.54) is 4.90 Å². The molecule has 0 fully saturated rings. The molecule has 0 bridgehead atoms. The fourth-order valence-corrected chi connectivity index (χ4v) is 2.89. The summed E-state index contributed by atoms with van der Waals surface area (Å²) < 4.78 is 11.2. The number of benzene rings is 2. The van der Waals surface area contributed by atoms with E-state index < -0.39 is 6.10 Å². The summed E-state index contributed by atoms with van der Waals surface area (Å²) in [6.45, 7) is 3.29. The van der Waals surface area contributed by atoms with Crippen LogP contribution >= 0.6 is 0 Å². The number of carbonyl (C=O) groups excluding carboxylic acids is 2. The van der Waals surface area contributed by atoms with Gasteiger partial charge in [0.25, 0.3) is 5.91 Å². The Morgan fingerprint density at radius 3 is 2.70 bits per heavy atom. The molecule has 2 amide bonds. The summed E-state index contributed by atoms with van der Waals surface area (Å²) in [5.41, 5.74) is 1.75.